The van der Waals surface area contributed by atoms with E-state index in [1.165, 1.54) is 103 Å². The van der Waals surface area contributed by atoms with Crippen LogP contribution in [0.3, 0.4) is 0 Å². The van der Waals surface area contributed by atoms with Gasteiger partial charge < -0.3 is 0 Å². The van der Waals surface area contributed by atoms with E-state index in [0.717, 1.165) is 11.8 Å². The quantitative estimate of drug-likeness (QED) is 0.236. The van der Waals surface area contributed by atoms with E-state index < -0.39 is 0 Å². The summed E-state index contributed by atoms with van der Waals surface area (Å²) in [6, 6.07) is 0. The standard InChI is InChI=1S/C22H46/c1-5-7-9-11-12-13-14-15-16-18-20-22(21(3)4)19-17-10-8-6-2/h21-22H,5-20H2,1-4H3. The number of unbranched alkanes of at least 4 members (excludes halogenated alkanes) is 12. The topological polar surface area (TPSA) is 0 Å². The minimum Gasteiger partial charge on any atom is -0.0654 e. The Bertz CT molecular complexity index is 194. The molecule has 0 aliphatic carbocycles. The molecule has 134 valence electrons. The number of rotatable bonds is 17. The van der Waals surface area contributed by atoms with E-state index in [-0.39, 0.29) is 0 Å². The molecule has 22 heavy (non-hydrogen) atoms. The van der Waals surface area contributed by atoms with E-state index in [9.17, 15) is 0 Å². The zero-order chi connectivity index (χ0) is 16.5. The zero-order valence-corrected chi connectivity index (χ0v) is 16.5. The molecule has 0 heteroatoms. The Morgan fingerprint density at radius 1 is 0.455 bits per heavy atom. The van der Waals surface area contributed by atoms with Crippen molar-refractivity contribution < 1.29 is 0 Å². The highest BCUT2D eigenvalue weighted by molar-refractivity contribution is 4.64. The summed E-state index contributed by atoms with van der Waals surface area (Å²) < 4.78 is 0. The van der Waals surface area contributed by atoms with E-state index >= 15 is 0 Å². The number of hydrogen-bond acceptors (Lipinski definition) is 0. The third-order valence-electron chi connectivity index (χ3n) is 5.30. The van der Waals surface area contributed by atoms with Crippen molar-refractivity contribution in [1.82, 2.24) is 0 Å². The van der Waals surface area contributed by atoms with Gasteiger partial charge in [-0.05, 0) is 11.8 Å². The van der Waals surface area contributed by atoms with Gasteiger partial charge in [0.15, 0.2) is 0 Å². The van der Waals surface area contributed by atoms with Gasteiger partial charge in [-0.25, -0.2) is 0 Å². The predicted molar refractivity (Wildman–Crippen MR) is 104 cm³/mol. The summed E-state index contributed by atoms with van der Waals surface area (Å²) in [5, 5.41) is 0. The average Bonchev–Trinajstić information content (AvgIpc) is 2.50. The Kier molecular flexibility index (Phi) is 17.4. The molecule has 0 heterocycles. The molecular formula is C22H46. The predicted octanol–water partition coefficient (Wildman–Crippen LogP) is 8.54. The molecule has 0 bridgehead atoms. The van der Waals surface area contributed by atoms with Gasteiger partial charge in [-0.15, -0.1) is 0 Å². The lowest BCUT2D eigenvalue weighted by atomic mass is 9.85. The summed E-state index contributed by atoms with van der Waals surface area (Å²) >= 11 is 0. The summed E-state index contributed by atoms with van der Waals surface area (Å²) in [6.07, 6.45) is 23.3. The fourth-order valence-corrected chi connectivity index (χ4v) is 3.54. The van der Waals surface area contributed by atoms with Crippen LogP contribution in [-0.2, 0) is 0 Å². The first kappa shape index (κ1) is 22.0. The lowest BCUT2D eigenvalue weighted by Crippen LogP contribution is -2.08. The van der Waals surface area contributed by atoms with Gasteiger partial charge in [0.1, 0.15) is 0 Å². The van der Waals surface area contributed by atoms with Crippen molar-refractivity contribution in [3.63, 3.8) is 0 Å². The highest BCUT2D eigenvalue weighted by atomic mass is 14.2. The molecule has 0 aromatic carbocycles. The molecule has 0 fully saturated rings. The van der Waals surface area contributed by atoms with Crippen LogP contribution in [0.25, 0.3) is 0 Å². The first-order valence-corrected chi connectivity index (χ1v) is 10.7. The van der Waals surface area contributed by atoms with Gasteiger partial charge in [0.2, 0.25) is 0 Å². The smallest absolute Gasteiger partial charge is 0.0391 e. The molecule has 0 aromatic heterocycles. The minimum atomic E-state index is 0.889. The molecule has 0 aliphatic rings. The third kappa shape index (κ3) is 14.9. The summed E-state index contributed by atoms with van der Waals surface area (Å²) in [4.78, 5) is 0. The minimum absolute atomic E-state index is 0.889. The Labute approximate surface area is 142 Å². The van der Waals surface area contributed by atoms with Crippen molar-refractivity contribution in [2.75, 3.05) is 0 Å². The second-order valence-electron chi connectivity index (χ2n) is 7.82. The summed E-state index contributed by atoms with van der Waals surface area (Å²) in [7, 11) is 0. The summed E-state index contributed by atoms with van der Waals surface area (Å²) in [5.74, 6) is 1.88. The van der Waals surface area contributed by atoms with Gasteiger partial charge in [-0.2, -0.15) is 0 Å². The van der Waals surface area contributed by atoms with E-state index in [4.69, 9.17) is 0 Å². The van der Waals surface area contributed by atoms with Crippen LogP contribution < -0.4 is 0 Å². The lowest BCUT2D eigenvalue weighted by Gasteiger charge is -2.20. The molecule has 1 unspecified atom stereocenters. The first-order chi connectivity index (χ1) is 10.7. The Morgan fingerprint density at radius 2 is 0.773 bits per heavy atom. The molecule has 0 N–H and O–H groups in total. The van der Waals surface area contributed by atoms with Crippen molar-refractivity contribution in [2.24, 2.45) is 11.8 Å². The highest BCUT2D eigenvalue weighted by Crippen LogP contribution is 2.25. The van der Waals surface area contributed by atoms with E-state index in [2.05, 4.69) is 27.7 Å². The fraction of sp³-hybridized carbons (Fsp3) is 1.00. The second-order valence-corrected chi connectivity index (χ2v) is 7.82. The van der Waals surface area contributed by atoms with Crippen LogP contribution in [0.2, 0.25) is 0 Å². The average molecular weight is 311 g/mol. The summed E-state index contributed by atoms with van der Waals surface area (Å²) in [5.41, 5.74) is 0. The van der Waals surface area contributed by atoms with E-state index in [0.29, 0.717) is 0 Å². The zero-order valence-electron chi connectivity index (χ0n) is 16.5. The van der Waals surface area contributed by atoms with Crippen LogP contribution in [0.5, 0.6) is 0 Å². The maximum absolute atomic E-state index is 2.43. The first-order valence-electron chi connectivity index (χ1n) is 10.7. The summed E-state index contributed by atoms with van der Waals surface area (Å²) in [6.45, 7) is 9.47. The van der Waals surface area contributed by atoms with Gasteiger partial charge >= 0.3 is 0 Å². The Morgan fingerprint density at radius 3 is 1.14 bits per heavy atom. The van der Waals surface area contributed by atoms with Crippen molar-refractivity contribution >= 4 is 0 Å². The maximum atomic E-state index is 2.43. The maximum Gasteiger partial charge on any atom is -0.0391 e. The van der Waals surface area contributed by atoms with Crippen molar-refractivity contribution in [3.05, 3.63) is 0 Å². The van der Waals surface area contributed by atoms with E-state index in [1.807, 2.05) is 0 Å². The molecule has 0 aromatic rings. The van der Waals surface area contributed by atoms with Crippen LogP contribution in [0.1, 0.15) is 130 Å². The van der Waals surface area contributed by atoms with Crippen LogP contribution in [0, 0.1) is 11.8 Å². The Hall–Kier alpha value is 0. The normalized spacial score (nSPS) is 13.0. The van der Waals surface area contributed by atoms with Crippen LogP contribution in [-0.4, -0.2) is 0 Å². The molecule has 0 aliphatic heterocycles. The monoisotopic (exact) mass is 310 g/mol. The van der Waals surface area contributed by atoms with Gasteiger partial charge in [0.25, 0.3) is 0 Å². The largest absolute Gasteiger partial charge is 0.0654 e. The van der Waals surface area contributed by atoms with Gasteiger partial charge in [-0.1, -0.05) is 130 Å². The van der Waals surface area contributed by atoms with Gasteiger partial charge in [-0.3, -0.25) is 0 Å². The second kappa shape index (κ2) is 17.4. The number of hydrogen-bond donors (Lipinski definition) is 0. The molecule has 0 nitrogen and oxygen atoms in total. The van der Waals surface area contributed by atoms with Gasteiger partial charge in [0, 0.05) is 0 Å². The van der Waals surface area contributed by atoms with Crippen LogP contribution in [0.15, 0.2) is 0 Å². The third-order valence-corrected chi connectivity index (χ3v) is 5.30. The highest BCUT2D eigenvalue weighted by Gasteiger charge is 2.12. The molecule has 0 amide bonds. The fourth-order valence-electron chi connectivity index (χ4n) is 3.54. The molecule has 0 spiro atoms. The van der Waals surface area contributed by atoms with E-state index in [1.54, 1.807) is 0 Å². The van der Waals surface area contributed by atoms with Crippen molar-refractivity contribution in [1.29, 1.82) is 0 Å². The van der Waals surface area contributed by atoms with Crippen molar-refractivity contribution in [3.8, 4) is 0 Å². The van der Waals surface area contributed by atoms with Crippen LogP contribution >= 0.6 is 0 Å². The molecule has 0 radical (unpaired) electrons. The molecular weight excluding hydrogens is 264 g/mol. The molecule has 1 atom stereocenters. The van der Waals surface area contributed by atoms with Crippen molar-refractivity contribution in [2.45, 2.75) is 130 Å². The van der Waals surface area contributed by atoms with Crippen LogP contribution in [0.4, 0.5) is 0 Å². The Balaban J connectivity index is 3.40. The lowest BCUT2D eigenvalue weighted by molar-refractivity contribution is 0.313. The van der Waals surface area contributed by atoms with Gasteiger partial charge in [0.05, 0.1) is 0 Å². The SMILES string of the molecule is CCCCCCCCCCCCC(CCCCCC)C(C)C. The molecule has 0 saturated heterocycles. The molecule has 0 rings (SSSR count). The molecule has 0 saturated carbocycles.